The van der Waals surface area contributed by atoms with Crippen molar-refractivity contribution in [2.45, 2.75) is 6.92 Å². The van der Waals surface area contributed by atoms with Gasteiger partial charge in [0.05, 0.1) is 11.4 Å². The van der Waals surface area contributed by atoms with Gasteiger partial charge in [0.25, 0.3) is 0 Å². The van der Waals surface area contributed by atoms with Crippen molar-refractivity contribution in [2.75, 3.05) is 5.32 Å². The zero-order valence-electron chi connectivity index (χ0n) is 10.1. The maximum Gasteiger partial charge on any atom is 0.316 e. The van der Waals surface area contributed by atoms with Gasteiger partial charge < -0.3 is 10.1 Å². The molecule has 2 aromatic carbocycles. The van der Waals surface area contributed by atoms with Gasteiger partial charge in [0, 0.05) is 10.7 Å². The van der Waals surface area contributed by atoms with E-state index in [0.29, 0.717) is 11.5 Å². The Kier molecular flexibility index (Phi) is 2.52. The second-order valence-electron chi connectivity index (χ2n) is 4.33. The molecule has 0 spiro atoms. The summed E-state index contributed by atoms with van der Waals surface area (Å²) in [7, 11) is 0. The second-order valence-corrected chi connectivity index (χ2v) is 4.33. The van der Waals surface area contributed by atoms with Crippen molar-refractivity contribution in [3.8, 4) is 11.5 Å². The van der Waals surface area contributed by atoms with Gasteiger partial charge in [-0.1, -0.05) is 6.07 Å². The zero-order chi connectivity index (χ0) is 13.4. The van der Waals surface area contributed by atoms with Crippen LogP contribution in [0.1, 0.15) is 15.9 Å². The molecule has 5 heteroatoms. The predicted molar refractivity (Wildman–Crippen MR) is 71.1 cm³/mol. The number of ether oxygens (including phenoxy) is 1. The molecule has 1 aliphatic rings. The van der Waals surface area contributed by atoms with E-state index in [4.69, 9.17) is 4.74 Å². The number of nitroso groups, excluding NO2 is 1. The van der Waals surface area contributed by atoms with Gasteiger partial charge in [-0.3, -0.25) is 4.79 Å². The van der Waals surface area contributed by atoms with Crippen molar-refractivity contribution < 1.29 is 9.53 Å². The van der Waals surface area contributed by atoms with E-state index in [9.17, 15) is 9.70 Å². The normalized spacial score (nSPS) is 11.6. The number of fused-ring (bicyclic) bond motifs is 2. The highest BCUT2D eigenvalue weighted by molar-refractivity contribution is 5.96. The fourth-order valence-corrected chi connectivity index (χ4v) is 1.98. The highest BCUT2D eigenvalue weighted by Gasteiger charge is 2.18. The number of hydrogen-bond acceptors (Lipinski definition) is 4. The first-order valence-electron chi connectivity index (χ1n) is 5.74. The Morgan fingerprint density at radius 2 is 1.79 bits per heavy atom. The number of benzene rings is 2. The summed E-state index contributed by atoms with van der Waals surface area (Å²) in [6.45, 7) is 1.97. The topological polar surface area (TPSA) is 67.8 Å². The SMILES string of the molecule is Cc1ccc2c(c1)Oc1cc(C(=O)N=O)ccc1N2. The number of carbonyl (C=O) groups excluding carboxylic acids is 1. The molecule has 0 saturated heterocycles. The van der Waals surface area contributed by atoms with Crippen molar-refractivity contribution in [3.05, 3.63) is 52.4 Å². The molecule has 94 valence electrons. The first-order valence-corrected chi connectivity index (χ1v) is 5.74. The van der Waals surface area contributed by atoms with Crippen LogP contribution < -0.4 is 10.1 Å². The van der Waals surface area contributed by atoms with Gasteiger partial charge in [-0.15, -0.1) is 4.91 Å². The fourth-order valence-electron chi connectivity index (χ4n) is 1.98. The van der Waals surface area contributed by atoms with Crippen molar-refractivity contribution >= 4 is 17.3 Å². The number of nitrogens with one attached hydrogen (secondary N) is 1. The molecular formula is C14H10N2O3. The van der Waals surface area contributed by atoms with Gasteiger partial charge in [0.1, 0.15) is 0 Å². The Morgan fingerprint density at radius 3 is 2.53 bits per heavy atom. The molecule has 0 radical (unpaired) electrons. The smallest absolute Gasteiger partial charge is 0.316 e. The van der Waals surface area contributed by atoms with Crippen LogP contribution in [0.2, 0.25) is 0 Å². The Balaban J connectivity index is 2.03. The Labute approximate surface area is 109 Å². The van der Waals surface area contributed by atoms with Crippen LogP contribution in [0.15, 0.2) is 41.6 Å². The first-order chi connectivity index (χ1) is 9.17. The largest absolute Gasteiger partial charge is 0.453 e. The van der Waals surface area contributed by atoms with E-state index in [0.717, 1.165) is 16.9 Å². The molecule has 0 aromatic heterocycles. The minimum Gasteiger partial charge on any atom is -0.453 e. The number of nitrogens with zero attached hydrogens (tertiary/aromatic N) is 1. The minimum atomic E-state index is -0.804. The highest BCUT2D eigenvalue weighted by atomic mass is 16.5. The van der Waals surface area contributed by atoms with Gasteiger partial charge in [0.15, 0.2) is 11.5 Å². The van der Waals surface area contributed by atoms with Crippen molar-refractivity contribution in [1.82, 2.24) is 0 Å². The molecule has 0 bridgehead atoms. The van der Waals surface area contributed by atoms with Crippen LogP contribution in [0.25, 0.3) is 0 Å². The summed E-state index contributed by atoms with van der Waals surface area (Å²) >= 11 is 0. The molecule has 5 nitrogen and oxygen atoms in total. The van der Waals surface area contributed by atoms with Crippen LogP contribution in [-0.4, -0.2) is 5.91 Å². The van der Waals surface area contributed by atoms with Gasteiger partial charge >= 0.3 is 5.91 Å². The Bertz CT molecular complexity index is 695. The molecule has 0 saturated carbocycles. The average Bonchev–Trinajstić information content (AvgIpc) is 2.43. The molecule has 1 amide bonds. The van der Waals surface area contributed by atoms with Crippen molar-refractivity contribution in [3.63, 3.8) is 0 Å². The number of hydrogen-bond donors (Lipinski definition) is 1. The zero-order valence-corrected chi connectivity index (χ0v) is 10.1. The number of amides is 1. The van der Waals surface area contributed by atoms with Gasteiger partial charge in [-0.25, -0.2) is 0 Å². The molecule has 1 N–H and O–H groups in total. The fraction of sp³-hybridized carbons (Fsp3) is 0.0714. The molecule has 2 aromatic rings. The number of aryl methyl sites for hydroxylation is 1. The summed E-state index contributed by atoms with van der Waals surface area (Å²) in [4.78, 5) is 21.5. The van der Waals surface area contributed by atoms with E-state index in [1.54, 1.807) is 6.07 Å². The summed E-state index contributed by atoms with van der Waals surface area (Å²) in [6, 6.07) is 10.6. The summed E-state index contributed by atoms with van der Waals surface area (Å²) < 4.78 is 5.74. The molecule has 0 aliphatic carbocycles. The van der Waals surface area contributed by atoms with Gasteiger partial charge in [-0.05, 0) is 42.8 Å². The maximum atomic E-state index is 11.2. The molecule has 0 fully saturated rings. The van der Waals surface area contributed by atoms with Crippen LogP contribution in [0.4, 0.5) is 11.4 Å². The minimum absolute atomic E-state index is 0.214. The van der Waals surface area contributed by atoms with Crippen molar-refractivity contribution in [2.24, 2.45) is 5.18 Å². The number of carbonyl (C=O) groups is 1. The predicted octanol–water partition coefficient (Wildman–Crippen LogP) is 3.75. The Hall–Kier alpha value is -2.69. The molecule has 1 heterocycles. The molecule has 0 atom stereocenters. The third-order valence-electron chi connectivity index (χ3n) is 2.94. The van der Waals surface area contributed by atoms with Crippen LogP contribution in [0.5, 0.6) is 11.5 Å². The van der Waals surface area contributed by atoms with Crippen LogP contribution in [0.3, 0.4) is 0 Å². The molecule has 0 unspecified atom stereocenters. The summed E-state index contributed by atoms with van der Waals surface area (Å²) in [5.74, 6) is 0.394. The van der Waals surface area contributed by atoms with E-state index < -0.39 is 5.91 Å². The van der Waals surface area contributed by atoms with E-state index >= 15 is 0 Å². The number of rotatable bonds is 1. The summed E-state index contributed by atoms with van der Waals surface area (Å²) in [6.07, 6.45) is 0. The van der Waals surface area contributed by atoms with Crippen LogP contribution in [0, 0.1) is 11.8 Å². The maximum absolute atomic E-state index is 11.2. The first kappa shape index (κ1) is 11.4. The lowest BCUT2D eigenvalue weighted by atomic mass is 10.1. The summed E-state index contributed by atoms with van der Waals surface area (Å²) in [5, 5.41) is 5.61. The molecular weight excluding hydrogens is 244 g/mol. The van der Waals surface area contributed by atoms with E-state index in [1.807, 2.05) is 25.1 Å². The lowest BCUT2D eigenvalue weighted by molar-refractivity contribution is 0.100. The molecule has 19 heavy (non-hydrogen) atoms. The average molecular weight is 254 g/mol. The number of anilines is 2. The van der Waals surface area contributed by atoms with E-state index in [-0.39, 0.29) is 5.56 Å². The van der Waals surface area contributed by atoms with Crippen LogP contribution in [-0.2, 0) is 0 Å². The van der Waals surface area contributed by atoms with Crippen LogP contribution >= 0.6 is 0 Å². The standard InChI is InChI=1S/C14H10N2O3/c1-8-2-4-10-12(6-8)19-13-7-9(14(17)16-18)3-5-11(13)15-10/h2-7,15H,1H3. The Morgan fingerprint density at radius 1 is 1.11 bits per heavy atom. The third-order valence-corrected chi connectivity index (χ3v) is 2.94. The molecule has 3 rings (SSSR count). The van der Waals surface area contributed by atoms with Gasteiger partial charge in [-0.2, -0.15) is 0 Å². The lowest BCUT2D eigenvalue weighted by Gasteiger charge is -2.22. The third kappa shape index (κ3) is 1.95. The van der Waals surface area contributed by atoms with Crippen molar-refractivity contribution in [1.29, 1.82) is 0 Å². The lowest BCUT2D eigenvalue weighted by Crippen LogP contribution is -2.04. The highest BCUT2D eigenvalue weighted by Crippen LogP contribution is 2.42. The quantitative estimate of drug-likeness (QED) is 0.671. The molecule has 1 aliphatic heterocycles. The second kappa shape index (κ2) is 4.20. The monoisotopic (exact) mass is 254 g/mol. The van der Waals surface area contributed by atoms with Gasteiger partial charge in [0.2, 0.25) is 0 Å². The van der Waals surface area contributed by atoms with E-state index in [2.05, 4.69) is 10.5 Å². The van der Waals surface area contributed by atoms with E-state index in [1.165, 1.54) is 12.1 Å². The summed E-state index contributed by atoms with van der Waals surface area (Å²) in [5.41, 5.74) is 2.90.